The topological polar surface area (TPSA) is 76.7 Å². The van der Waals surface area contributed by atoms with Crippen LogP contribution in [-0.4, -0.2) is 18.6 Å². The van der Waals surface area contributed by atoms with Gasteiger partial charge in [0.2, 0.25) is 12.7 Å². The number of carbonyl (C=O) groups excluding carboxylic acids is 2. The largest absolute Gasteiger partial charge is 0.454 e. The van der Waals surface area contributed by atoms with Gasteiger partial charge in [0.15, 0.2) is 23.1 Å². The summed E-state index contributed by atoms with van der Waals surface area (Å²) in [5, 5.41) is 4.77. The van der Waals surface area contributed by atoms with Crippen molar-refractivity contribution in [1.82, 2.24) is 0 Å². The number of carbonyl (C=O) groups is 2. The molecule has 0 spiro atoms. The lowest BCUT2D eigenvalue weighted by Gasteiger charge is -2.12. The molecule has 3 rings (SSSR count). The Labute approximate surface area is 135 Å². The number of hydrogen-bond acceptors (Lipinski definition) is 4. The number of benzene rings is 2. The van der Waals surface area contributed by atoms with Crippen LogP contribution in [-0.2, 0) is 4.79 Å². The third kappa shape index (κ3) is 3.12. The summed E-state index contributed by atoms with van der Waals surface area (Å²) in [6, 6.07) is 6.13. The van der Waals surface area contributed by atoms with Crippen molar-refractivity contribution in [3.8, 4) is 11.5 Å². The molecule has 0 saturated carbocycles. The molecule has 0 aromatic heterocycles. The zero-order valence-corrected chi connectivity index (χ0v) is 12.5. The molecule has 1 aliphatic heterocycles. The van der Waals surface area contributed by atoms with Crippen LogP contribution in [0.5, 0.6) is 11.5 Å². The summed E-state index contributed by atoms with van der Waals surface area (Å²) in [4.78, 5) is 23.5. The van der Waals surface area contributed by atoms with Crippen molar-refractivity contribution in [1.29, 1.82) is 0 Å². The summed E-state index contributed by atoms with van der Waals surface area (Å²) in [5.41, 5.74) is 0.125. The van der Waals surface area contributed by atoms with Gasteiger partial charge in [0.05, 0.1) is 11.4 Å². The molecule has 24 heavy (non-hydrogen) atoms. The second kappa shape index (κ2) is 6.15. The lowest BCUT2D eigenvalue weighted by molar-refractivity contribution is -0.114. The number of fused-ring (bicyclic) bond motifs is 1. The van der Waals surface area contributed by atoms with Crippen LogP contribution >= 0.6 is 0 Å². The van der Waals surface area contributed by atoms with Crippen LogP contribution in [0.15, 0.2) is 30.3 Å². The van der Waals surface area contributed by atoms with E-state index in [1.807, 2.05) is 0 Å². The summed E-state index contributed by atoms with van der Waals surface area (Å²) < 4.78 is 37.1. The van der Waals surface area contributed by atoms with Crippen molar-refractivity contribution in [3.63, 3.8) is 0 Å². The Bertz CT molecular complexity index is 839. The molecule has 0 aliphatic carbocycles. The highest BCUT2D eigenvalue weighted by atomic mass is 19.2. The average molecular weight is 334 g/mol. The van der Waals surface area contributed by atoms with Crippen molar-refractivity contribution < 1.29 is 27.8 Å². The van der Waals surface area contributed by atoms with E-state index in [2.05, 4.69) is 10.6 Å². The Morgan fingerprint density at radius 2 is 1.58 bits per heavy atom. The van der Waals surface area contributed by atoms with Crippen molar-refractivity contribution in [2.24, 2.45) is 0 Å². The predicted molar refractivity (Wildman–Crippen MR) is 81.2 cm³/mol. The quantitative estimate of drug-likeness (QED) is 0.905. The van der Waals surface area contributed by atoms with Gasteiger partial charge in [0.25, 0.3) is 5.91 Å². The maximum atomic E-state index is 13.5. The fourth-order valence-electron chi connectivity index (χ4n) is 2.18. The van der Waals surface area contributed by atoms with Gasteiger partial charge in [-0.2, -0.15) is 0 Å². The maximum absolute atomic E-state index is 13.5. The first-order valence-electron chi connectivity index (χ1n) is 6.91. The van der Waals surface area contributed by atoms with Gasteiger partial charge in [-0.15, -0.1) is 0 Å². The molecular formula is C16H12F2N2O4. The number of halogens is 2. The van der Waals surface area contributed by atoms with E-state index in [1.165, 1.54) is 19.1 Å². The van der Waals surface area contributed by atoms with Gasteiger partial charge >= 0.3 is 0 Å². The molecular weight excluding hydrogens is 322 g/mol. The lowest BCUT2D eigenvalue weighted by atomic mass is 10.1. The van der Waals surface area contributed by atoms with Gasteiger partial charge in [-0.05, 0) is 18.2 Å². The van der Waals surface area contributed by atoms with Crippen molar-refractivity contribution in [3.05, 3.63) is 47.5 Å². The Balaban J connectivity index is 1.88. The molecule has 6 nitrogen and oxygen atoms in total. The third-order valence-corrected chi connectivity index (χ3v) is 3.25. The lowest BCUT2D eigenvalue weighted by Crippen LogP contribution is -2.15. The number of rotatable bonds is 3. The molecule has 0 saturated heterocycles. The highest BCUT2D eigenvalue weighted by molar-refractivity contribution is 6.07. The molecule has 8 heteroatoms. The zero-order valence-electron chi connectivity index (χ0n) is 12.5. The SMILES string of the molecule is CC(=O)Nc1cc(F)c(F)cc1NC(=O)c1ccc2c(c1)OCO2. The van der Waals surface area contributed by atoms with Gasteiger partial charge < -0.3 is 20.1 Å². The summed E-state index contributed by atoms with van der Waals surface area (Å²) in [5.74, 6) is -2.43. The van der Waals surface area contributed by atoms with Gasteiger partial charge in [-0.1, -0.05) is 0 Å². The zero-order chi connectivity index (χ0) is 17.3. The smallest absolute Gasteiger partial charge is 0.255 e. The van der Waals surface area contributed by atoms with Gasteiger partial charge in [0.1, 0.15) is 0 Å². The van der Waals surface area contributed by atoms with E-state index < -0.39 is 23.4 Å². The van der Waals surface area contributed by atoms with E-state index in [-0.39, 0.29) is 23.7 Å². The minimum Gasteiger partial charge on any atom is -0.454 e. The third-order valence-electron chi connectivity index (χ3n) is 3.25. The summed E-state index contributed by atoms with van der Waals surface area (Å²) in [6.45, 7) is 1.28. The Morgan fingerprint density at radius 1 is 0.958 bits per heavy atom. The van der Waals surface area contributed by atoms with E-state index >= 15 is 0 Å². The van der Waals surface area contributed by atoms with E-state index in [0.29, 0.717) is 11.5 Å². The second-order valence-corrected chi connectivity index (χ2v) is 5.02. The van der Waals surface area contributed by atoms with Crippen molar-refractivity contribution in [2.45, 2.75) is 6.92 Å². The molecule has 0 fully saturated rings. The number of hydrogen-bond donors (Lipinski definition) is 2. The first kappa shape index (κ1) is 15.7. The summed E-state index contributed by atoms with van der Waals surface area (Å²) in [6.07, 6.45) is 0. The standard InChI is InChI=1S/C16H12F2N2O4/c1-8(21)19-12-5-10(17)11(18)6-13(12)20-16(22)9-2-3-14-15(4-9)24-7-23-14/h2-6H,7H2,1H3,(H,19,21)(H,20,22). The number of anilines is 2. The van der Waals surface area contributed by atoms with Crippen LogP contribution in [0, 0.1) is 11.6 Å². The van der Waals surface area contributed by atoms with E-state index in [4.69, 9.17) is 9.47 Å². The first-order chi connectivity index (χ1) is 11.4. The Kier molecular flexibility index (Phi) is 4.03. The number of ether oxygens (including phenoxy) is 2. The summed E-state index contributed by atoms with van der Waals surface area (Å²) >= 11 is 0. The monoisotopic (exact) mass is 334 g/mol. The molecule has 0 bridgehead atoms. The molecule has 2 N–H and O–H groups in total. The van der Waals surface area contributed by atoms with Crippen LogP contribution < -0.4 is 20.1 Å². The minimum atomic E-state index is -1.15. The van der Waals surface area contributed by atoms with Crippen LogP contribution in [0.2, 0.25) is 0 Å². The highest BCUT2D eigenvalue weighted by Crippen LogP contribution is 2.33. The Morgan fingerprint density at radius 3 is 2.25 bits per heavy atom. The predicted octanol–water partition coefficient (Wildman–Crippen LogP) is 2.90. The molecule has 2 amide bonds. The fraction of sp³-hybridized carbons (Fsp3) is 0.125. The van der Waals surface area contributed by atoms with Gasteiger partial charge in [-0.3, -0.25) is 9.59 Å². The molecule has 1 aliphatic rings. The van der Waals surface area contributed by atoms with E-state index in [9.17, 15) is 18.4 Å². The van der Waals surface area contributed by atoms with Crippen LogP contribution in [0.25, 0.3) is 0 Å². The van der Waals surface area contributed by atoms with Gasteiger partial charge in [-0.25, -0.2) is 8.78 Å². The molecule has 2 aromatic rings. The normalized spacial score (nSPS) is 12.0. The minimum absolute atomic E-state index is 0.0458. The molecule has 0 atom stereocenters. The highest BCUT2D eigenvalue weighted by Gasteiger charge is 2.18. The summed E-state index contributed by atoms with van der Waals surface area (Å²) in [7, 11) is 0. The molecule has 2 aromatic carbocycles. The molecule has 0 unspecified atom stereocenters. The van der Waals surface area contributed by atoms with Crippen molar-refractivity contribution >= 4 is 23.2 Å². The molecule has 1 heterocycles. The fourth-order valence-corrected chi connectivity index (χ4v) is 2.18. The maximum Gasteiger partial charge on any atom is 0.255 e. The second-order valence-electron chi connectivity index (χ2n) is 5.02. The van der Waals surface area contributed by atoms with E-state index in [0.717, 1.165) is 12.1 Å². The first-order valence-corrected chi connectivity index (χ1v) is 6.91. The Hall–Kier alpha value is -3.16. The molecule has 124 valence electrons. The van der Waals surface area contributed by atoms with Crippen LogP contribution in [0.1, 0.15) is 17.3 Å². The van der Waals surface area contributed by atoms with Gasteiger partial charge in [0, 0.05) is 24.6 Å². The average Bonchev–Trinajstić information content (AvgIpc) is 2.99. The van der Waals surface area contributed by atoms with Crippen LogP contribution in [0.4, 0.5) is 20.2 Å². The molecule has 0 radical (unpaired) electrons. The van der Waals surface area contributed by atoms with Crippen LogP contribution in [0.3, 0.4) is 0 Å². The van der Waals surface area contributed by atoms with Crippen molar-refractivity contribution in [2.75, 3.05) is 17.4 Å². The number of nitrogens with one attached hydrogen (secondary N) is 2. The number of amides is 2. The van der Waals surface area contributed by atoms with E-state index in [1.54, 1.807) is 6.07 Å².